The quantitative estimate of drug-likeness (QED) is 0.850. The van der Waals surface area contributed by atoms with Crippen LogP contribution >= 0.6 is 0 Å². The van der Waals surface area contributed by atoms with Gasteiger partial charge in [-0.15, -0.1) is 0 Å². The first-order valence-corrected chi connectivity index (χ1v) is 7.48. The summed E-state index contributed by atoms with van der Waals surface area (Å²) >= 11 is 0. The van der Waals surface area contributed by atoms with Gasteiger partial charge < -0.3 is 10.4 Å². The van der Waals surface area contributed by atoms with E-state index in [4.69, 9.17) is 0 Å². The Kier molecular flexibility index (Phi) is 5.62. The van der Waals surface area contributed by atoms with Crippen molar-refractivity contribution < 1.29 is 23.1 Å². The molecule has 6 heteroatoms. The average Bonchev–Trinajstić information content (AvgIpc) is 2.58. The molecule has 128 valence electrons. The molecule has 0 saturated heterocycles. The van der Waals surface area contributed by atoms with Gasteiger partial charge in [0.1, 0.15) is 0 Å². The van der Waals surface area contributed by atoms with E-state index in [1.807, 2.05) is 30.3 Å². The van der Waals surface area contributed by atoms with E-state index in [1.54, 1.807) is 6.07 Å². The van der Waals surface area contributed by atoms with Crippen LogP contribution in [0, 0.1) is 0 Å². The third-order valence-corrected chi connectivity index (χ3v) is 3.75. The number of carbonyl (C=O) groups is 1. The Balaban J connectivity index is 1.99. The Morgan fingerprint density at radius 3 is 2.04 bits per heavy atom. The first-order valence-electron chi connectivity index (χ1n) is 7.48. The summed E-state index contributed by atoms with van der Waals surface area (Å²) in [4.78, 5) is 11.8. The smallest absolute Gasteiger partial charge is 0.375 e. The van der Waals surface area contributed by atoms with Crippen molar-refractivity contribution in [1.82, 2.24) is 5.32 Å². The lowest BCUT2D eigenvalue weighted by Gasteiger charge is -2.31. The minimum absolute atomic E-state index is 0.0484. The zero-order valence-electron chi connectivity index (χ0n) is 12.9. The highest BCUT2D eigenvalue weighted by atomic mass is 19.4. The van der Waals surface area contributed by atoms with Crippen molar-refractivity contribution in [1.29, 1.82) is 0 Å². The monoisotopic (exact) mass is 337 g/mol. The molecular weight excluding hydrogens is 319 g/mol. The molecule has 0 aliphatic carbocycles. The van der Waals surface area contributed by atoms with Gasteiger partial charge in [0, 0.05) is 6.42 Å². The SMILES string of the molecule is O=C(CCc1ccccc1)NCC(O)(c1ccccc1)C(F)(F)F. The molecule has 2 rings (SSSR count). The second-order valence-corrected chi connectivity index (χ2v) is 5.49. The first-order chi connectivity index (χ1) is 11.3. The maximum absolute atomic E-state index is 13.3. The third-order valence-electron chi connectivity index (χ3n) is 3.75. The summed E-state index contributed by atoms with van der Waals surface area (Å²) in [5.41, 5.74) is -2.50. The molecule has 0 bridgehead atoms. The van der Waals surface area contributed by atoms with Crippen LogP contribution in [-0.2, 0) is 16.8 Å². The number of aryl methyl sites for hydroxylation is 1. The molecule has 0 saturated carbocycles. The highest BCUT2D eigenvalue weighted by molar-refractivity contribution is 5.76. The highest BCUT2D eigenvalue weighted by Crippen LogP contribution is 2.38. The van der Waals surface area contributed by atoms with Crippen LogP contribution in [0.2, 0.25) is 0 Å². The van der Waals surface area contributed by atoms with Crippen molar-refractivity contribution in [2.75, 3.05) is 6.54 Å². The van der Waals surface area contributed by atoms with Gasteiger partial charge in [-0.2, -0.15) is 13.2 Å². The Hall–Kier alpha value is -2.34. The molecule has 0 spiro atoms. The molecule has 1 unspecified atom stereocenters. The Morgan fingerprint density at radius 1 is 0.958 bits per heavy atom. The molecule has 2 aromatic carbocycles. The summed E-state index contributed by atoms with van der Waals surface area (Å²) in [7, 11) is 0. The maximum atomic E-state index is 13.3. The van der Waals surface area contributed by atoms with Gasteiger partial charge >= 0.3 is 6.18 Å². The van der Waals surface area contributed by atoms with E-state index in [1.165, 1.54) is 24.3 Å². The van der Waals surface area contributed by atoms with Gasteiger partial charge in [0.05, 0.1) is 6.54 Å². The van der Waals surface area contributed by atoms with Crippen LogP contribution in [0.25, 0.3) is 0 Å². The van der Waals surface area contributed by atoms with E-state index < -0.39 is 24.2 Å². The first kappa shape index (κ1) is 18.0. The highest BCUT2D eigenvalue weighted by Gasteiger charge is 2.55. The fourth-order valence-corrected chi connectivity index (χ4v) is 2.30. The van der Waals surface area contributed by atoms with E-state index in [2.05, 4.69) is 5.32 Å². The Bertz CT molecular complexity index is 659. The van der Waals surface area contributed by atoms with Crippen molar-refractivity contribution in [2.45, 2.75) is 24.6 Å². The van der Waals surface area contributed by atoms with E-state index in [0.717, 1.165) is 5.56 Å². The maximum Gasteiger partial charge on any atom is 0.423 e. The van der Waals surface area contributed by atoms with Gasteiger partial charge in [0.25, 0.3) is 0 Å². The summed E-state index contributed by atoms with van der Waals surface area (Å²) in [6, 6.07) is 15.9. The van der Waals surface area contributed by atoms with Crippen molar-refractivity contribution >= 4 is 5.91 Å². The molecule has 1 atom stereocenters. The van der Waals surface area contributed by atoms with Crippen LogP contribution in [0.1, 0.15) is 17.5 Å². The fraction of sp³-hybridized carbons (Fsp3) is 0.278. The molecule has 0 radical (unpaired) electrons. The van der Waals surface area contributed by atoms with Crippen molar-refractivity contribution in [2.24, 2.45) is 0 Å². The van der Waals surface area contributed by atoms with E-state index in [0.29, 0.717) is 6.42 Å². The second kappa shape index (κ2) is 7.49. The average molecular weight is 337 g/mol. The molecule has 0 aromatic heterocycles. The van der Waals surface area contributed by atoms with E-state index in [9.17, 15) is 23.1 Å². The zero-order chi connectivity index (χ0) is 17.6. The molecule has 0 heterocycles. The number of hydrogen-bond acceptors (Lipinski definition) is 2. The molecule has 3 nitrogen and oxygen atoms in total. The molecule has 0 fully saturated rings. The van der Waals surface area contributed by atoms with Gasteiger partial charge in [-0.25, -0.2) is 0 Å². The molecule has 2 aromatic rings. The lowest BCUT2D eigenvalue weighted by Crippen LogP contribution is -2.51. The number of alkyl halides is 3. The second-order valence-electron chi connectivity index (χ2n) is 5.49. The van der Waals surface area contributed by atoms with Crippen molar-refractivity contribution in [3.8, 4) is 0 Å². The minimum Gasteiger partial charge on any atom is -0.375 e. The van der Waals surface area contributed by atoms with Crippen LogP contribution in [0.5, 0.6) is 0 Å². The van der Waals surface area contributed by atoms with Crippen LogP contribution in [0.3, 0.4) is 0 Å². The minimum atomic E-state index is -4.90. The van der Waals surface area contributed by atoms with Gasteiger partial charge in [-0.1, -0.05) is 60.7 Å². The number of carbonyl (C=O) groups excluding carboxylic acids is 1. The number of hydrogen-bond donors (Lipinski definition) is 2. The van der Waals surface area contributed by atoms with Gasteiger partial charge in [-0.05, 0) is 17.5 Å². The van der Waals surface area contributed by atoms with E-state index in [-0.39, 0.29) is 12.0 Å². The van der Waals surface area contributed by atoms with Gasteiger partial charge in [0.2, 0.25) is 11.5 Å². The third kappa shape index (κ3) is 4.35. The fourth-order valence-electron chi connectivity index (χ4n) is 2.30. The Labute approximate surface area is 138 Å². The number of aliphatic hydroxyl groups is 1. The number of amides is 1. The molecule has 1 amide bonds. The van der Waals surface area contributed by atoms with Crippen LogP contribution in [0.4, 0.5) is 13.2 Å². The summed E-state index contributed by atoms with van der Waals surface area (Å²) < 4.78 is 39.9. The number of benzene rings is 2. The lowest BCUT2D eigenvalue weighted by molar-refractivity contribution is -0.264. The molecule has 0 aliphatic rings. The number of nitrogens with one attached hydrogen (secondary N) is 1. The summed E-state index contributed by atoms with van der Waals surface area (Å²) in [6.45, 7) is -0.922. The van der Waals surface area contributed by atoms with Gasteiger partial charge in [-0.3, -0.25) is 4.79 Å². The predicted octanol–water partition coefficient (Wildman–Crippen LogP) is 3.19. The predicted molar refractivity (Wildman–Crippen MR) is 84.2 cm³/mol. The largest absolute Gasteiger partial charge is 0.423 e. The lowest BCUT2D eigenvalue weighted by atomic mass is 9.93. The van der Waals surface area contributed by atoms with Crippen molar-refractivity contribution in [3.05, 3.63) is 71.8 Å². The normalized spacial score (nSPS) is 14.0. The molecule has 2 N–H and O–H groups in total. The topological polar surface area (TPSA) is 49.3 Å². The molecule has 0 aliphatic heterocycles. The standard InChI is InChI=1S/C18H18F3NO2/c19-18(20,21)17(24,15-9-5-2-6-10-15)13-22-16(23)12-11-14-7-3-1-4-8-14/h1-10,24H,11-13H2,(H,22,23). The molecule has 24 heavy (non-hydrogen) atoms. The number of halogens is 3. The summed E-state index contributed by atoms with van der Waals surface area (Å²) in [6.07, 6.45) is -4.43. The van der Waals surface area contributed by atoms with Crippen LogP contribution < -0.4 is 5.32 Å². The number of rotatable bonds is 6. The summed E-state index contributed by atoms with van der Waals surface area (Å²) in [5.74, 6) is -0.544. The zero-order valence-corrected chi connectivity index (χ0v) is 12.9. The van der Waals surface area contributed by atoms with Crippen molar-refractivity contribution in [3.63, 3.8) is 0 Å². The van der Waals surface area contributed by atoms with Crippen LogP contribution in [-0.4, -0.2) is 23.7 Å². The Morgan fingerprint density at radius 2 is 1.50 bits per heavy atom. The van der Waals surface area contributed by atoms with E-state index >= 15 is 0 Å². The van der Waals surface area contributed by atoms with Gasteiger partial charge in [0.15, 0.2) is 0 Å². The molecular formula is C18H18F3NO2. The summed E-state index contributed by atoms with van der Waals surface area (Å²) in [5, 5.41) is 12.3. The van der Waals surface area contributed by atoms with Crippen LogP contribution in [0.15, 0.2) is 60.7 Å².